The van der Waals surface area contributed by atoms with Crippen LogP contribution in [0.1, 0.15) is 30.4 Å². The third-order valence-corrected chi connectivity index (χ3v) is 4.44. The summed E-state index contributed by atoms with van der Waals surface area (Å²) >= 11 is 0. The first-order chi connectivity index (χ1) is 12.3. The van der Waals surface area contributed by atoms with E-state index in [0.29, 0.717) is 19.7 Å². The predicted octanol–water partition coefficient (Wildman–Crippen LogP) is 3.19. The first-order valence-corrected chi connectivity index (χ1v) is 8.69. The van der Waals surface area contributed by atoms with Crippen molar-refractivity contribution in [1.82, 2.24) is 9.88 Å². The number of amides is 1. The predicted molar refractivity (Wildman–Crippen MR) is 95.1 cm³/mol. The highest BCUT2D eigenvalue weighted by Crippen LogP contribution is 2.23. The van der Waals surface area contributed by atoms with Gasteiger partial charge in [-0.2, -0.15) is 0 Å². The normalized spacial score (nSPS) is 17.1. The molecule has 0 saturated carbocycles. The zero-order chi connectivity index (χ0) is 17.5. The van der Waals surface area contributed by atoms with Crippen LogP contribution in [0.5, 0.6) is 5.75 Å². The zero-order valence-electron chi connectivity index (χ0n) is 14.6. The fourth-order valence-corrected chi connectivity index (χ4v) is 3.10. The van der Waals surface area contributed by atoms with Crippen molar-refractivity contribution in [3.8, 4) is 5.75 Å². The minimum Gasteiger partial charge on any atom is -0.496 e. The minimum atomic E-state index is -0.342. The SMILES string of the molecule is COc1ccccc1CN(Cc1ccncc1)C(=O)C1CCCCO1. The lowest BCUT2D eigenvalue weighted by Gasteiger charge is -2.30. The van der Waals surface area contributed by atoms with E-state index in [1.165, 1.54) is 0 Å². The summed E-state index contributed by atoms with van der Waals surface area (Å²) in [6.07, 6.45) is 6.01. The van der Waals surface area contributed by atoms with Crippen LogP contribution in [0.15, 0.2) is 48.8 Å². The molecule has 2 heterocycles. The Morgan fingerprint density at radius 3 is 2.72 bits per heavy atom. The molecule has 1 fully saturated rings. The second kappa shape index (κ2) is 8.62. The number of aromatic nitrogens is 1. The van der Waals surface area contributed by atoms with E-state index in [2.05, 4.69) is 4.98 Å². The van der Waals surface area contributed by atoms with Gasteiger partial charge in [-0.05, 0) is 43.0 Å². The molecule has 1 saturated heterocycles. The minimum absolute atomic E-state index is 0.0439. The maximum absolute atomic E-state index is 13.1. The molecule has 1 atom stereocenters. The van der Waals surface area contributed by atoms with E-state index < -0.39 is 0 Å². The largest absolute Gasteiger partial charge is 0.496 e. The van der Waals surface area contributed by atoms with Crippen LogP contribution in [-0.4, -0.2) is 35.6 Å². The topological polar surface area (TPSA) is 51.7 Å². The van der Waals surface area contributed by atoms with Crippen LogP contribution < -0.4 is 4.74 Å². The van der Waals surface area contributed by atoms with Crippen LogP contribution in [-0.2, 0) is 22.6 Å². The number of hydrogen-bond acceptors (Lipinski definition) is 4. The number of benzene rings is 1. The highest BCUT2D eigenvalue weighted by molar-refractivity contribution is 5.81. The third kappa shape index (κ3) is 4.57. The summed E-state index contributed by atoms with van der Waals surface area (Å²) in [7, 11) is 1.65. The number of ether oxygens (including phenoxy) is 2. The second-order valence-electron chi connectivity index (χ2n) is 6.22. The van der Waals surface area contributed by atoms with Crippen molar-refractivity contribution in [3.05, 3.63) is 59.9 Å². The van der Waals surface area contributed by atoms with Crippen LogP contribution in [0.25, 0.3) is 0 Å². The maximum Gasteiger partial charge on any atom is 0.252 e. The van der Waals surface area contributed by atoms with Gasteiger partial charge in [0.2, 0.25) is 0 Å². The van der Waals surface area contributed by atoms with Gasteiger partial charge in [0, 0.05) is 37.7 Å². The van der Waals surface area contributed by atoms with Gasteiger partial charge in [-0.1, -0.05) is 18.2 Å². The number of pyridine rings is 1. The summed E-state index contributed by atoms with van der Waals surface area (Å²) in [6, 6.07) is 11.7. The molecule has 0 spiro atoms. The van der Waals surface area contributed by atoms with Crippen LogP contribution in [0.3, 0.4) is 0 Å². The van der Waals surface area contributed by atoms with Gasteiger partial charge < -0.3 is 14.4 Å². The van der Waals surface area contributed by atoms with Crippen LogP contribution >= 0.6 is 0 Å². The maximum atomic E-state index is 13.1. The molecule has 1 aliphatic heterocycles. The van der Waals surface area contributed by atoms with Gasteiger partial charge in [-0.25, -0.2) is 0 Å². The lowest BCUT2D eigenvalue weighted by Crippen LogP contribution is -2.41. The van der Waals surface area contributed by atoms with E-state index in [0.717, 1.165) is 36.1 Å². The molecule has 132 valence electrons. The number of methoxy groups -OCH3 is 1. The van der Waals surface area contributed by atoms with Crippen molar-refractivity contribution in [3.63, 3.8) is 0 Å². The summed E-state index contributed by atoms with van der Waals surface area (Å²) in [5, 5.41) is 0. The first kappa shape index (κ1) is 17.4. The Kier molecular flexibility index (Phi) is 6.01. The Bertz CT molecular complexity index is 684. The van der Waals surface area contributed by atoms with Crippen molar-refractivity contribution in [2.24, 2.45) is 0 Å². The number of rotatable bonds is 6. The Hall–Kier alpha value is -2.40. The van der Waals surface area contributed by atoms with E-state index in [1.54, 1.807) is 19.5 Å². The van der Waals surface area contributed by atoms with Gasteiger partial charge in [0.1, 0.15) is 11.9 Å². The molecular formula is C20H24N2O3. The highest BCUT2D eigenvalue weighted by atomic mass is 16.5. The molecule has 0 N–H and O–H groups in total. The van der Waals surface area contributed by atoms with Gasteiger partial charge in [0.15, 0.2) is 0 Å². The smallest absolute Gasteiger partial charge is 0.252 e. The number of nitrogens with zero attached hydrogens (tertiary/aromatic N) is 2. The molecule has 1 unspecified atom stereocenters. The summed E-state index contributed by atoms with van der Waals surface area (Å²) in [5.41, 5.74) is 2.04. The van der Waals surface area contributed by atoms with Crippen molar-refractivity contribution >= 4 is 5.91 Å². The van der Waals surface area contributed by atoms with Crippen LogP contribution in [0.4, 0.5) is 0 Å². The zero-order valence-corrected chi connectivity index (χ0v) is 14.6. The summed E-state index contributed by atoms with van der Waals surface area (Å²) in [5.74, 6) is 0.835. The summed E-state index contributed by atoms with van der Waals surface area (Å²) in [4.78, 5) is 19.0. The lowest BCUT2D eigenvalue weighted by atomic mass is 10.1. The first-order valence-electron chi connectivity index (χ1n) is 8.69. The lowest BCUT2D eigenvalue weighted by molar-refractivity contribution is -0.147. The van der Waals surface area contributed by atoms with E-state index in [1.807, 2.05) is 41.3 Å². The standard InChI is InChI=1S/C20H24N2O3/c1-24-18-7-3-2-6-17(18)15-22(14-16-9-11-21-12-10-16)20(23)19-8-4-5-13-25-19/h2-3,6-7,9-12,19H,4-5,8,13-15H2,1H3. The van der Waals surface area contributed by atoms with E-state index in [4.69, 9.17) is 9.47 Å². The Morgan fingerprint density at radius 1 is 1.20 bits per heavy atom. The fourth-order valence-electron chi connectivity index (χ4n) is 3.10. The van der Waals surface area contributed by atoms with Crippen LogP contribution in [0.2, 0.25) is 0 Å². The molecule has 3 rings (SSSR count). The average Bonchev–Trinajstić information content (AvgIpc) is 2.69. The molecule has 25 heavy (non-hydrogen) atoms. The van der Waals surface area contributed by atoms with Gasteiger partial charge in [-0.15, -0.1) is 0 Å². The molecule has 1 aromatic carbocycles. The molecule has 0 bridgehead atoms. The molecule has 0 aliphatic carbocycles. The Morgan fingerprint density at radius 2 is 2.00 bits per heavy atom. The molecular weight excluding hydrogens is 316 g/mol. The molecule has 2 aromatic rings. The molecule has 5 nitrogen and oxygen atoms in total. The number of carbonyl (C=O) groups is 1. The quantitative estimate of drug-likeness (QED) is 0.810. The van der Waals surface area contributed by atoms with Crippen molar-refractivity contribution in [2.45, 2.75) is 38.5 Å². The monoisotopic (exact) mass is 340 g/mol. The number of hydrogen-bond donors (Lipinski definition) is 0. The Balaban J connectivity index is 1.81. The summed E-state index contributed by atoms with van der Waals surface area (Å²) < 4.78 is 11.2. The van der Waals surface area contributed by atoms with Crippen molar-refractivity contribution < 1.29 is 14.3 Å². The fraction of sp³-hybridized carbons (Fsp3) is 0.400. The molecule has 0 radical (unpaired) electrons. The van der Waals surface area contributed by atoms with Gasteiger partial charge >= 0.3 is 0 Å². The van der Waals surface area contributed by atoms with Crippen LogP contribution in [0, 0.1) is 0 Å². The van der Waals surface area contributed by atoms with E-state index >= 15 is 0 Å². The molecule has 5 heteroatoms. The van der Waals surface area contributed by atoms with Crippen molar-refractivity contribution in [2.75, 3.05) is 13.7 Å². The van der Waals surface area contributed by atoms with E-state index in [9.17, 15) is 4.79 Å². The second-order valence-corrected chi connectivity index (χ2v) is 6.22. The average molecular weight is 340 g/mol. The Labute approximate surface area is 148 Å². The van der Waals surface area contributed by atoms with Gasteiger partial charge in [0.25, 0.3) is 5.91 Å². The number of carbonyl (C=O) groups excluding carboxylic acids is 1. The highest BCUT2D eigenvalue weighted by Gasteiger charge is 2.27. The summed E-state index contributed by atoms with van der Waals surface area (Å²) in [6.45, 7) is 1.68. The molecule has 1 aliphatic rings. The molecule has 1 amide bonds. The third-order valence-electron chi connectivity index (χ3n) is 4.44. The van der Waals surface area contributed by atoms with E-state index in [-0.39, 0.29) is 12.0 Å². The molecule has 1 aromatic heterocycles. The van der Waals surface area contributed by atoms with Crippen molar-refractivity contribution in [1.29, 1.82) is 0 Å². The number of para-hydroxylation sites is 1. The van der Waals surface area contributed by atoms with Gasteiger partial charge in [-0.3, -0.25) is 9.78 Å². The van der Waals surface area contributed by atoms with Gasteiger partial charge in [0.05, 0.1) is 7.11 Å².